The van der Waals surface area contributed by atoms with E-state index in [0.717, 1.165) is 12.0 Å². The Morgan fingerprint density at radius 2 is 2.04 bits per heavy atom. The smallest absolute Gasteiger partial charge is 0.326 e. The van der Waals surface area contributed by atoms with Crippen LogP contribution >= 0.6 is 7.95 Å². The SMILES string of the molecule is C[C@H](N[PH](=O)C(O)CCCc1ccccc1)C(=O)N1CCC[C@H]1C(=O)O. The van der Waals surface area contributed by atoms with Gasteiger partial charge in [-0.15, -0.1) is 0 Å². The molecule has 4 atom stereocenters. The quantitative estimate of drug-likeness (QED) is 0.563. The number of nitrogens with zero attached hydrogens (tertiary/aromatic N) is 1. The van der Waals surface area contributed by atoms with Crippen molar-refractivity contribution in [2.24, 2.45) is 0 Å². The summed E-state index contributed by atoms with van der Waals surface area (Å²) in [5, 5.41) is 21.9. The van der Waals surface area contributed by atoms with Crippen molar-refractivity contribution in [3.63, 3.8) is 0 Å². The summed E-state index contributed by atoms with van der Waals surface area (Å²) in [7, 11) is -2.57. The van der Waals surface area contributed by atoms with Crippen molar-refractivity contribution in [1.29, 1.82) is 0 Å². The van der Waals surface area contributed by atoms with Crippen LogP contribution in [0.15, 0.2) is 30.3 Å². The second-order valence-corrected chi connectivity index (χ2v) is 8.34. The summed E-state index contributed by atoms with van der Waals surface area (Å²) in [6.45, 7) is 1.95. The monoisotopic (exact) mass is 382 g/mol. The van der Waals surface area contributed by atoms with E-state index in [-0.39, 0.29) is 5.91 Å². The molecule has 1 saturated heterocycles. The molecular weight excluding hydrogens is 355 g/mol. The molecule has 0 radical (unpaired) electrons. The van der Waals surface area contributed by atoms with Gasteiger partial charge in [0.1, 0.15) is 11.9 Å². The number of carboxylic acid groups (broad SMARTS) is 1. The number of carboxylic acids is 1. The standard InChI is InChI=1S/C18H27N2O5P/c1-13(17(22)20-12-6-10-15(20)18(23)24)19-26(25)16(21)11-5-9-14-7-3-2-4-8-14/h2-4,7-8,13,15-16,21,26H,5-6,9-12H2,1H3,(H,19,25)(H,23,24)/t13-,15-,16?/m0/s1. The van der Waals surface area contributed by atoms with Crippen LogP contribution in [0.25, 0.3) is 0 Å². The molecule has 3 N–H and O–H groups in total. The highest BCUT2D eigenvalue weighted by atomic mass is 31.1. The maximum absolute atomic E-state index is 12.4. The maximum Gasteiger partial charge on any atom is 0.326 e. The number of amides is 1. The summed E-state index contributed by atoms with van der Waals surface area (Å²) in [5.74, 6) is -2.41. The molecule has 1 aromatic rings. The molecule has 8 heteroatoms. The minimum Gasteiger partial charge on any atom is -0.480 e. The van der Waals surface area contributed by atoms with Crippen LogP contribution in [0.2, 0.25) is 0 Å². The summed E-state index contributed by atoms with van der Waals surface area (Å²) in [5.41, 5.74) is 1.16. The number of aliphatic hydroxyl groups excluding tert-OH is 1. The molecule has 1 aliphatic heterocycles. The first kappa shape index (κ1) is 20.6. The van der Waals surface area contributed by atoms with Crippen molar-refractivity contribution >= 4 is 19.8 Å². The number of hydrogen-bond donors (Lipinski definition) is 3. The predicted octanol–water partition coefficient (Wildman–Crippen LogP) is 1.86. The van der Waals surface area contributed by atoms with Gasteiger partial charge in [-0.2, -0.15) is 0 Å². The zero-order valence-electron chi connectivity index (χ0n) is 14.9. The Hall–Kier alpha value is -1.69. The fourth-order valence-electron chi connectivity index (χ4n) is 3.18. The number of aliphatic hydroxyl groups is 1. The fourth-order valence-corrected chi connectivity index (χ4v) is 4.39. The van der Waals surface area contributed by atoms with Gasteiger partial charge < -0.3 is 19.7 Å². The van der Waals surface area contributed by atoms with Gasteiger partial charge in [-0.1, -0.05) is 30.3 Å². The molecule has 0 spiro atoms. The minimum absolute atomic E-state index is 0.377. The topological polar surface area (TPSA) is 107 Å². The van der Waals surface area contributed by atoms with E-state index in [9.17, 15) is 19.3 Å². The van der Waals surface area contributed by atoms with E-state index in [1.165, 1.54) is 4.90 Å². The van der Waals surface area contributed by atoms with Crippen LogP contribution < -0.4 is 5.09 Å². The second-order valence-electron chi connectivity index (χ2n) is 6.65. The third-order valence-corrected chi connectivity index (χ3v) is 6.25. The molecule has 0 saturated carbocycles. The number of hydrogen-bond acceptors (Lipinski definition) is 4. The fraction of sp³-hybridized carbons (Fsp3) is 0.556. The van der Waals surface area contributed by atoms with E-state index in [2.05, 4.69) is 5.09 Å². The summed E-state index contributed by atoms with van der Waals surface area (Å²) in [4.78, 5) is 24.9. The third-order valence-electron chi connectivity index (χ3n) is 4.64. The van der Waals surface area contributed by atoms with Crippen LogP contribution in [0.5, 0.6) is 0 Å². The lowest BCUT2D eigenvalue weighted by molar-refractivity contribution is -0.148. The highest BCUT2D eigenvalue weighted by molar-refractivity contribution is 7.43. The third kappa shape index (κ3) is 5.66. The Morgan fingerprint density at radius 1 is 1.35 bits per heavy atom. The molecule has 1 aromatic carbocycles. The molecule has 1 fully saturated rings. The first-order valence-corrected chi connectivity index (χ1v) is 10.4. The van der Waals surface area contributed by atoms with Gasteiger partial charge in [-0.3, -0.25) is 9.88 Å². The van der Waals surface area contributed by atoms with Crippen molar-refractivity contribution in [2.45, 2.75) is 57.0 Å². The van der Waals surface area contributed by atoms with Crippen molar-refractivity contribution in [3.8, 4) is 0 Å². The molecular formula is C18H27N2O5P. The lowest BCUT2D eigenvalue weighted by atomic mass is 10.1. The van der Waals surface area contributed by atoms with Crippen LogP contribution in [0, 0.1) is 0 Å². The molecule has 1 heterocycles. The van der Waals surface area contributed by atoms with E-state index in [1.807, 2.05) is 30.3 Å². The average Bonchev–Trinajstić information content (AvgIpc) is 3.11. The number of likely N-dealkylation sites (tertiary alicyclic amines) is 1. The normalized spacial score (nSPS) is 20.5. The Bertz CT molecular complexity index is 640. The highest BCUT2D eigenvalue weighted by Gasteiger charge is 2.36. The first-order valence-electron chi connectivity index (χ1n) is 8.95. The van der Waals surface area contributed by atoms with Crippen LogP contribution in [0.1, 0.15) is 38.2 Å². The van der Waals surface area contributed by atoms with Crippen LogP contribution in [-0.2, 0) is 20.6 Å². The Kier molecular flexibility index (Phi) is 7.82. The van der Waals surface area contributed by atoms with E-state index in [0.29, 0.717) is 32.2 Å². The van der Waals surface area contributed by atoms with Crippen molar-refractivity contribution in [2.75, 3.05) is 6.54 Å². The zero-order chi connectivity index (χ0) is 19.1. The maximum atomic E-state index is 12.4. The lowest BCUT2D eigenvalue weighted by Crippen LogP contribution is -2.48. The van der Waals surface area contributed by atoms with Gasteiger partial charge in [0.15, 0.2) is 7.95 Å². The molecule has 2 unspecified atom stereocenters. The molecule has 7 nitrogen and oxygen atoms in total. The number of carbonyl (C=O) groups is 2. The van der Waals surface area contributed by atoms with Gasteiger partial charge in [0.2, 0.25) is 5.91 Å². The van der Waals surface area contributed by atoms with Crippen LogP contribution in [-0.4, -0.2) is 51.5 Å². The van der Waals surface area contributed by atoms with E-state index in [4.69, 9.17) is 5.11 Å². The van der Waals surface area contributed by atoms with Crippen molar-refractivity contribution in [3.05, 3.63) is 35.9 Å². The summed E-state index contributed by atoms with van der Waals surface area (Å²) in [6.07, 6.45) is 2.94. The number of aryl methyl sites for hydroxylation is 1. The molecule has 1 aliphatic rings. The number of carbonyl (C=O) groups excluding carboxylic acids is 1. The molecule has 26 heavy (non-hydrogen) atoms. The molecule has 0 aliphatic carbocycles. The summed E-state index contributed by atoms with van der Waals surface area (Å²) in [6, 6.07) is 8.25. The van der Waals surface area contributed by atoms with Gasteiger partial charge in [-0.05, 0) is 44.6 Å². The van der Waals surface area contributed by atoms with Gasteiger partial charge in [0, 0.05) is 6.54 Å². The molecule has 0 aromatic heterocycles. The Morgan fingerprint density at radius 3 is 2.69 bits per heavy atom. The second kappa shape index (κ2) is 9.86. The molecule has 1 amide bonds. The number of benzene rings is 1. The minimum atomic E-state index is -2.57. The molecule has 0 bridgehead atoms. The number of rotatable bonds is 9. The number of nitrogens with one attached hydrogen (secondary N) is 1. The van der Waals surface area contributed by atoms with Crippen molar-refractivity contribution in [1.82, 2.24) is 9.99 Å². The Balaban J connectivity index is 1.78. The van der Waals surface area contributed by atoms with Gasteiger partial charge in [-0.25, -0.2) is 4.79 Å². The van der Waals surface area contributed by atoms with E-state index in [1.54, 1.807) is 6.92 Å². The predicted molar refractivity (Wildman–Crippen MR) is 99.4 cm³/mol. The van der Waals surface area contributed by atoms with Crippen molar-refractivity contribution < 1.29 is 24.4 Å². The largest absolute Gasteiger partial charge is 0.480 e. The average molecular weight is 382 g/mol. The molecule has 2 rings (SSSR count). The lowest BCUT2D eigenvalue weighted by Gasteiger charge is -2.25. The highest BCUT2D eigenvalue weighted by Crippen LogP contribution is 2.27. The summed E-state index contributed by atoms with van der Waals surface area (Å²) < 4.78 is 12.3. The zero-order valence-corrected chi connectivity index (χ0v) is 15.9. The van der Waals surface area contributed by atoms with Gasteiger partial charge in [0.25, 0.3) is 0 Å². The summed E-state index contributed by atoms with van der Waals surface area (Å²) >= 11 is 0. The first-order chi connectivity index (χ1) is 12.4. The van der Waals surface area contributed by atoms with E-state index >= 15 is 0 Å². The van der Waals surface area contributed by atoms with E-state index < -0.39 is 31.8 Å². The van der Waals surface area contributed by atoms with Crippen LogP contribution in [0.4, 0.5) is 0 Å². The van der Waals surface area contributed by atoms with Gasteiger partial charge >= 0.3 is 5.97 Å². The van der Waals surface area contributed by atoms with Crippen LogP contribution in [0.3, 0.4) is 0 Å². The number of aliphatic carboxylic acids is 1. The molecule has 144 valence electrons. The Labute approximate surface area is 154 Å². The van der Waals surface area contributed by atoms with Gasteiger partial charge in [0.05, 0.1) is 6.04 Å².